The Bertz CT molecular complexity index is 526. The lowest BCUT2D eigenvalue weighted by molar-refractivity contribution is 0.0690. The normalized spacial score (nSPS) is 18.4. The van der Waals surface area contributed by atoms with Gasteiger partial charge < -0.3 is 10.0 Å². The van der Waals surface area contributed by atoms with Crippen LogP contribution in [0.4, 0.5) is 0 Å². The van der Waals surface area contributed by atoms with Crippen molar-refractivity contribution in [2.75, 3.05) is 13.1 Å². The number of rotatable bonds is 2. The van der Waals surface area contributed by atoms with Crippen molar-refractivity contribution in [3.63, 3.8) is 0 Å². The zero-order valence-electron chi connectivity index (χ0n) is 11.9. The summed E-state index contributed by atoms with van der Waals surface area (Å²) in [5, 5.41) is 8.93. The summed E-state index contributed by atoms with van der Waals surface area (Å²) in [4.78, 5) is 28.9. The minimum atomic E-state index is -1.11. The molecule has 5 heteroatoms. The number of carboxylic acids is 1. The summed E-state index contributed by atoms with van der Waals surface area (Å²) in [6.07, 6.45) is 4.43. The van der Waals surface area contributed by atoms with E-state index in [1.165, 1.54) is 12.3 Å². The predicted molar refractivity (Wildman–Crippen MR) is 74.7 cm³/mol. The van der Waals surface area contributed by atoms with Crippen LogP contribution in [0.1, 0.15) is 54.0 Å². The van der Waals surface area contributed by atoms with E-state index in [0.29, 0.717) is 5.56 Å². The van der Waals surface area contributed by atoms with Gasteiger partial charge in [-0.15, -0.1) is 0 Å². The maximum Gasteiger partial charge on any atom is 0.354 e. The summed E-state index contributed by atoms with van der Waals surface area (Å²) in [5.74, 6) is -1.22. The number of nitrogens with zero attached hydrogens (tertiary/aromatic N) is 2. The number of carbonyl (C=O) groups is 2. The van der Waals surface area contributed by atoms with Crippen molar-refractivity contribution >= 4 is 11.9 Å². The van der Waals surface area contributed by atoms with E-state index in [4.69, 9.17) is 5.11 Å². The van der Waals surface area contributed by atoms with Gasteiger partial charge in [-0.25, -0.2) is 9.78 Å². The van der Waals surface area contributed by atoms with E-state index < -0.39 is 5.97 Å². The third kappa shape index (κ3) is 3.35. The Morgan fingerprint density at radius 1 is 1.30 bits per heavy atom. The fourth-order valence-electron chi connectivity index (χ4n) is 2.49. The van der Waals surface area contributed by atoms with E-state index in [1.54, 1.807) is 6.07 Å². The number of hydrogen-bond acceptors (Lipinski definition) is 3. The van der Waals surface area contributed by atoms with Crippen molar-refractivity contribution < 1.29 is 14.7 Å². The number of carbonyl (C=O) groups excluding carboxylic acids is 1. The van der Waals surface area contributed by atoms with Crippen molar-refractivity contribution in [2.24, 2.45) is 5.41 Å². The third-order valence-corrected chi connectivity index (χ3v) is 3.85. The molecule has 2 heterocycles. The first kappa shape index (κ1) is 14.5. The van der Waals surface area contributed by atoms with E-state index in [1.807, 2.05) is 4.90 Å². The summed E-state index contributed by atoms with van der Waals surface area (Å²) in [6.45, 7) is 5.88. The van der Waals surface area contributed by atoms with Gasteiger partial charge in [0.1, 0.15) is 5.69 Å². The molecular weight excluding hydrogens is 256 g/mol. The number of carboxylic acid groups (broad SMARTS) is 1. The van der Waals surface area contributed by atoms with Crippen molar-refractivity contribution in [2.45, 2.75) is 33.1 Å². The van der Waals surface area contributed by atoms with E-state index in [9.17, 15) is 9.59 Å². The van der Waals surface area contributed by atoms with Crippen LogP contribution in [-0.2, 0) is 0 Å². The molecule has 0 atom stereocenters. The van der Waals surface area contributed by atoms with Crippen LogP contribution in [0.15, 0.2) is 18.3 Å². The summed E-state index contributed by atoms with van der Waals surface area (Å²) >= 11 is 0. The highest BCUT2D eigenvalue weighted by molar-refractivity contribution is 5.96. The molecule has 0 bridgehead atoms. The average Bonchev–Trinajstić information content (AvgIpc) is 2.59. The Morgan fingerprint density at radius 3 is 2.75 bits per heavy atom. The first-order chi connectivity index (χ1) is 9.39. The van der Waals surface area contributed by atoms with E-state index in [-0.39, 0.29) is 17.0 Å². The summed E-state index contributed by atoms with van der Waals surface area (Å²) < 4.78 is 0. The van der Waals surface area contributed by atoms with Crippen LogP contribution < -0.4 is 0 Å². The fraction of sp³-hybridized carbons (Fsp3) is 0.533. The Balaban J connectivity index is 2.15. The molecule has 108 valence electrons. The number of pyridine rings is 1. The number of likely N-dealkylation sites (tertiary alicyclic amines) is 1. The van der Waals surface area contributed by atoms with E-state index >= 15 is 0 Å². The van der Waals surface area contributed by atoms with Gasteiger partial charge in [-0.3, -0.25) is 4.79 Å². The molecule has 0 aliphatic carbocycles. The second-order valence-electron chi connectivity index (χ2n) is 6.04. The minimum Gasteiger partial charge on any atom is -0.477 e. The SMILES string of the molecule is CC1(C)CCCN(C(=O)c2ccnc(C(=O)O)c2)CC1. The van der Waals surface area contributed by atoms with Crippen LogP contribution in [-0.4, -0.2) is 40.0 Å². The van der Waals surface area contributed by atoms with Crippen LogP contribution in [0.25, 0.3) is 0 Å². The molecule has 2 rings (SSSR count). The molecule has 1 fully saturated rings. The molecule has 1 aromatic heterocycles. The molecule has 20 heavy (non-hydrogen) atoms. The average molecular weight is 276 g/mol. The Kier molecular flexibility index (Phi) is 4.06. The van der Waals surface area contributed by atoms with E-state index in [2.05, 4.69) is 18.8 Å². The van der Waals surface area contributed by atoms with Gasteiger partial charge in [0.25, 0.3) is 5.91 Å². The molecule has 0 aromatic carbocycles. The first-order valence-electron chi connectivity index (χ1n) is 6.88. The quantitative estimate of drug-likeness (QED) is 0.900. The number of amides is 1. The molecule has 1 amide bonds. The summed E-state index contributed by atoms with van der Waals surface area (Å²) in [6, 6.07) is 2.92. The standard InChI is InChI=1S/C15H20N2O3/c1-15(2)5-3-8-17(9-6-15)13(18)11-4-7-16-12(10-11)14(19)20/h4,7,10H,3,5-6,8-9H2,1-2H3,(H,19,20). The van der Waals surface area contributed by atoms with Gasteiger partial charge in [0.05, 0.1) is 0 Å². The number of aromatic nitrogens is 1. The lowest BCUT2D eigenvalue weighted by Gasteiger charge is -2.23. The second-order valence-corrected chi connectivity index (χ2v) is 6.04. The largest absolute Gasteiger partial charge is 0.477 e. The second kappa shape index (κ2) is 5.61. The topological polar surface area (TPSA) is 70.5 Å². The van der Waals surface area contributed by atoms with Crippen LogP contribution in [0.2, 0.25) is 0 Å². The van der Waals surface area contributed by atoms with Gasteiger partial charge >= 0.3 is 5.97 Å². The highest BCUT2D eigenvalue weighted by Gasteiger charge is 2.26. The Labute approximate surface area is 118 Å². The van der Waals surface area contributed by atoms with Gasteiger partial charge in [-0.05, 0) is 36.8 Å². The molecule has 1 saturated heterocycles. The third-order valence-electron chi connectivity index (χ3n) is 3.85. The van der Waals surface area contributed by atoms with Gasteiger partial charge in [-0.1, -0.05) is 13.8 Å². The maximum absolute atomic E-state index is 12.4. The van der Waals surface area contributed by atoms with Gasteiger partial charge in [0.15, 0.2) is 0 Å². The molecular formula is C15H20N2O3. The molecule has 1 aliphatic rings. The van der Waals surface area contributed by atoms with E-state index in [0.717, 1.165) is 32.4 Å². The van der Waals surface area contributed by atoms with Crippen molar-refractivity contribution in [3.8, 4) is 0 Å². The van der Waals surface area contributed by atoms with Crippen LogP contribution in [0.3, 0.4) is 0 Å². The molecule has 0 spiro atoms. The zero-order chi connectivity index (χ0) is 14.8. The number of hydrogen-bond donors (Lipinski definition) is 1. The smallest absolute Gasteiger partial charge is 0.354 e. The van der Waals surface area contributed by atoms with Crippen LogP contribution in [0.5, 0.6) is 0 Å². The molecule has 0 radical (unpaired) electrons. The molecule has 0 unspecified atom stereocenters. The van der Waals surface area contributed by atoms with Crippen LogP contribution >= 0.6 is 0 Å². The predicted octanol–water partition coefficient (Wildman–Crippen LogP) is 2.43. The van der Waals surface area contributed by atoms with Crippen molar-refractivity contribution in [1.29, 1.82) is 0 Å². The maximum atomic E-state index is 12.4. The molecule has 1 aromatic rings. The Hall–Kier alpha value is -1.91. The fourth-order valence-corrected chi connectivity index (χ4v) is 2.49. The molecule has 5 nitrogen and oxygen atoms in total. The highest BCUT2D eigenvalue weighted by atomic mass is 16.4. The zero-order valence-corrected chi connectivity index (χ0v) is 11.9. The van der Waals surface area contributed by atoms with Gasteiger partial charge in [0.2, 0.25) is 0 Å². The Morgan fingerprint density at radius 2 is 2.05 bits per heavy atom. The molecule has 0 saturated carbocycles. The van der Waals surface area contributed by atoms with Crippen molar-refractivity contribution in [3.05, 3.63) is 29.6 Å². The van der Waals surface area contributed by atoms with Gasteiger partial charge in [-0.2, -0.15) is 0 Å². The number of aromatic carboxylic acids is 1. The summed E-state index contributed by atoms with van der Waals surface area (Å²) in [7, 11) is 0. The minimum absolute atomic E-state index is 0.0917. The molecule has 1 N–H and O–H groups in total. The van der Waals surface area contributed by atoms with Crippen LogP contribution in [0, 0.1) is 5.41 Å². The first-order valence-corrected chi connectivity index (χ1v) is 6.88. The highest BCUT2D eigenvalue weighted by Crippen LogP contribution is 2.30. The monoisotopic (exact) mass is 276 g/mol. The molecule has 1 aliphatic heterocycles. The lowest BCUT2D eigenvalue weighted by Crippen LogP contribution is -2.32. The van der Waals surface area contributed by atoms with Gasteiger partial charge in [0, 0.05) is 24.8 Å². The summed E-state index contributed by atoms with van der Waals surface area (Å²) in [5.41, 5.74) is 0.572. The lowest BCUT2D eigenvalue weighted by atomic mass is 9.85. The van der Waals surface area contributed by atoms with Crippen molar-refractivity contribution in [1.82, 2.24) is 9.88 Å².